The number of anilines is 1. The molecule has 6 nitrogen and oxygen atoms in total. The summed E-state index contributed by atoms with van der Waals surface area (Å²) in [5, 5.41) is 6.88. The third-order valence-corrected chi connectivity index (χ3v) is 5.84. The van der Waals surface area contributed by atoms with Crippen LogP contribution in [-0.2, 0) is 9.59 Å². The first-order valence-corrected chi connectivity index (χ1v) is 11.4. The number of para-hydroxylation sites is 1. The Kier molecular flexibility index (Phi) is 7.34. The molecule has 2 N–H and O–H groups in total. The topological polar surface area (TPSA) is 79.8 Å². The van der Waals surface area contributed by atoms with Gasteiger partial charge in [0.25, 0.3) is 11.8 Å². The van der Waals surface area contributed by atoms with Crippen LogP contribution in [0.5, 0.6) is 5.75 Å². The lowest BCUT2D eigenvalue weighted by Gasteiger charge is -2.09. The van der Waals surface area contributed by atoms with E-state index in [0.29, 0.717) is 31.6 Å². The van der Waals surface area contributed by atoms with Crippen molar-refractivity contribution in [1.29, 1.82) is 0 Å². The zero-order valence-electron chi connectivity index (χ0n) is 17.0. The predicted molar refractivity (Wildman–Crippen MR) is 134 cm³/mol. The molecule has 166 valence electrons. The van der Waals surface area contributed by atoms with E-state index in [1.165, 1.54) is 11.8 Å². The van der Waals surface area contributed by atoms with Gasteiger partial charge in [-0.3, -0.25) is 9.59 Å². The molecule has 0 aromatic heterocycles. The van der Waals surface area contributed by atoms with Crippen LogP contribution >= 0.6 is 35.0 Å². The van der Waals surface area contributed by atoms with E-state index < -0.39 is 0 Å². The number of hydrogen-bond donors (Lipinski definition) is 2. The van der Waals surface area contributed by atoms with E-state index in [9.17, 15) is 9.59 Å². The number of thioether (sulfide) groups is 1. The lowest BCUT2D eigenvalue weighted by Crippen LogP contribution is -2.20. The number of benzene rings is 3. The van der Waals surface area contributed by atoms with Gasteiger partial charge in [-0.1, -0.05) is 47.5 Å². The molecule has 1 aliphatic rings. The van der Waals surface area contributed by atoms with Gasteiger partial charge in [-0.05, 0) is 71.9 Å². The van der Waals surface area contributed by atoms with Gasteiger partial charge in [0.15, 0.2) is 11.8 Å². The molecular formula is C24H17Cl2N3O3S. The molecule has 3 aromatic carbocycles. The third kappa shape index (κ3) is 6.38. The highest BCUT2D eigenvalue weighted by Crippen LogP contribution is 2.31. The molecule has 9 heteroatoms. The second-order valence-electron chi connectivity index (χ2n) is 6.85. The van der Waals surface area contributed by atoms with Crippen LogP contribution in [0.4, 0.5) is 11.4 Å². The Labute approximate surface area is 204 Å². The van der Waals surface area contributed by atoms with Gasteiger partial charge in [-0.2, -0.15) is 0 Å². The molecule has 4 rings (SSSR count). The SMILES string of the molecule is O=C(COc1ccc(C=C2SC(=Nc3ccccc3)NC2=O)cc1Cl)Nc1ccc(Cl)cc1. The Hall–Kier alpha value is -3.26. The van der Waals surface area contributed by atoms with Crippen molar-refractivity contribution in [2.75, 3.05) is 11.9 Å². The van der Waals surface area contributed by atoms with E-state index in [2.05, 4.69) is 15.6 Å². The summed E-state index contributed by atoms with van der Waals surface area (Å²) in [5.41, 5.74) is 2.09. The summed E-state index contributed by atoms with van der Waals surface area (Å²) in [6, 6.07) is 21.2. The maximum Gasteiger partial charge on any atom is 0.264 e. The van der Waals surface area contributed by atoms with E-state index >= 15 is 0 Å². The zero-order valence-corrected chi connectivity index (χ0v) is 19.4. The number of halogens is 2. The summed E-state index contributed by atoms with van der Waals surface area (Å²) in [4.78, 5) is 29.3. The highest BCUT2D eigenvalue weighted by Gasteiger charge is 2.23. The van der Waals surface area contributed by atoms with Gasteiger partial charge in [0.1, 0.15) is 5.75 Å². The number of nitrogens with zero attached hydrogens (tertiary/aromatic N) is 1. The van der Waals surface area contributed by atoms with Crippen molar-refractivity contribution in [1.82, 2.24) is 5.32 Å². The Morgan fingerprint density at radius 3 is 2.55 bits per heavy atom. The zero-order chi connectivity index (χ0) is 23.2. The minimum absolute atomic E-state index is 0.208. The standard InChI is InChI=1S/C24H17Cl2N3O3S/c25-16-7-9-18(10-8-16)27-22(30)14-32-20-11-6-15(12-19(20)26)13-21-23(31)29-24(33-21)28-17-4-2-1-3-5-17/h1-13H,14H2,(H,27,30)(H,28,29,31). The van der Waals surface area contributed by atoms with Crippen molar-refractivity contribution < 1.29 is 14.3 Å². The molecule has 1 saturated heterocycles. The maximum absolute atomic E-state index is 12.3. The van der Waals surface area contributed by atoms with Crippen LogP contribution in [0.1, 0.15) is 5.56 Å². The summed E-state index contributed by atoms with van der Waals surface area (Å²) >= 11 is 13.4. The Morgan fingerprint density at radius 2 is 1.82 bits per heavy atom. The molecular weight excluding hydrogens is 481 g/mol. The first kappa shape index (κ1) is 22.9. The fraction of sp³-hybridized carbons (Fsp3) is 0.0417. The third-order valence-electron chi connectivity index (χ3n) is 4.38. The van der Waals surface area contributed by atoms with E-state index in [-0.39, 0.29) is 18.4 Å². The number of aliphatic imine (C=N–C) groups is 1. The van der Waals surface area contributed by atoms with E-state index in [1.807, 2.05) is 30.3 Å². The average molecular weight is 498 g/mol. The molecule has 33 heavy (non-hydrogen) atoms. The number of amides is 2. The van der Waals surface area contributed by atoms with Crippen LogP contribution in [0.2, 0.25) is 10.0 Å². The molecule has 0 radical (unpaired) electrons. The molecule has 0 spiro atoms. The first-order valence-electron chi connectivity index (χ1n) is 9.79. The van der Waals surface area contributed by atoms with Gasteiger partial charge in [0.05, 0.1) is 15.6 Å². The van der Waals surface area contributed by atoms with E-state index in [1.54, 1.807) is 48.5 Å². The summed E-state index contributed by atoms with van der Waals surface area (Å²) in [6.45, 7) is -0.208. The van der Waals surface area contributed by atoms with Crippen LogP contribution in [-0.4, -0.2) is 23.6 Å². The molecule has 1 aliphatic heterocycles. The maximum atomic E-state index is 12.3. The Bertz CT molecular complexity index is 1250. The van der Waals surface area contributed by atoms with Crippen molar-refractivity contribution in [3.63, 3.8) is 0 Å². The highest BCUT2D eigenvalue weighted by atomic mass is 35.5. The second kappa shape index (κ2) is 10.6. The number of hydrogen-bond acceptors (Lipinski definition) is 5. The lowest BCUT2D eigenvalue weighted by atomic mass is 10.2. The molecule has 1 fully saturated rings. The van der Waals surface area contributed by atoms with Gasteiger partial charge in [0.2, 0.25) is 0 Å². The molecule has 0 bridgehead atoms. The second-order valence-corrected chi connectivity index (χ2v) is 8.73. The minimum atomic E-state index is -0.330. The Morgan fingerprint density at radius 1 is 1.06 bits per heavy atom. The lowest BCUT2D eigenvalue weighted by molar-refractivity contribution is -0.118. The number of nitrogens with one attached hydrogen (secondary N) is 2. The number of carbonyl (C=O) groups excluding carboxylic acids is 2. The molecule has 0 aliphatic carbocycles. The molecule has 0 unspecified atom stereocenters. The predicted octanol–water partition coefficient (Wildman–Crippen LogP) is 5.90. The van der Waals surface area contributed by atoms with Crippen molar-refractivity contribution in [3.05, 3.63) is 93.3 Å². The van der Waals surface area contributed by atoms with Gasteiger partial charge in [-0.15, -0.1) is 0 Å². The number of carbonyl (C=O) groups is 2. The average Bonchev–Trinajstić information content (AvgIpc) is 3.14. The van der Waals surface area contributed by atoms with Crippen LogP contribution in [0.15, 0.2) is 82.7 Å². The van der Waals surface area contributed by atoms with Crippen molar-refractivity contribution in [2.24, 2.45) is 4.99 Å². The summed E-state index contributed by atoms with van der Waals surface area (Å²) in [6.07, 6.45) is 1.72. The normalized spacial score (nSPS) is 15.5. The summed E-state index contributed by atoms with van der Waals surface area (Å²) < 4.78 is 5.53. The number of amidine groups is 1. The van der Waals surface area contributed by atoms with Crippen LogP contribution in [0.3, 0.4) is 0 Å². The number of rotatable bonds is 6. The Balaban J connectivity index is 1.37. The highest BCUT2D eigenvalue weighted by molar-refractivity contribution is 8.18. The molecule has 0 atom stereocenters. The molecule has 2 amide bonds. The smallest absolute Gasteiger partial charge is 0.264 e. The fourth-order valence-corrected chi connectivity index (χ4v) is 4.06. The van der Waals surface area contributed by atoms with Crippen molar-refractivity contribution in [2.45, 2.75) is 0 Å². The molecule has 0 saturated carbocycles. The summed E-state index contributed by atoms with van der Waals surface area (Å²) in [5.74, 6) is -0.200. The fourth-order valence-electron chi connectivity index (χ4n) is 2.85. The van der Waals surface area contributed by atoms with Gasteiger partial charge in [-0.25, -0.2) is 4.99 Å². The monoisotopic (exact) mass is 497 g/mol. The minimum Gasteiger partial charge on any atom is -0.482 e. The number of ether oxygens (including phenoxy) is 1. The van der Waals surface area contributed by atoms with E-state index in [0.717, 1.165) is 11.3 Å². The molecule has 3 aromatic rings. The van der Waals surface area contributed by atoms with Crippen LogP contribution < -0.4 is 15.4 Å². The van der Waals surface area contributed by atoms with Crippen molar-refractivity contribution in [3.8, 4) is 5.75 Å². The van der Waals surface area contributed by atoms with Gasteiger partial charge in [0, 0.05) is 10.7 Å². The van der Waals surface area contributed by atoms with Crippen molar-refractivity contribution >= 4 is 69.4 Å². The summed E-state index contributed by atoms with van der Waals surface area (Å²) in [7, 11) is 0. The van der Waals surface area contributed by atoms with Gasteiger partial charge < -0.3 is 15.4 Å². The first-order chi connectivity index (χ1) is 16.0. The van der Waals surface area contributed by atoms with Gasteiger partial charge >= 0.3 is 0 Å². The van der Waals surface area contributed by atoms with Crippen LogP contribution in [0.25, 0.3) is 6.08 Å². The quantitative estimate of drug-likeness (QED) is 0.415. The van der Waals surface area contributed by atoms with Crippen LogP contribution in [0, 0.1) is 0 Å². The largest absolute Gasteiger partial charge is 0.482 e. The van der Waals surface area contributed by atoms with E-state index in [4.69, 9.17) is 27.9 Å². The molecule has 1 heterocycles.